The molecule has 3 rings (SSSR count). The molecule has 3 aromatic rings. The lowest BCUT2D eigenvalue weighted by molar-refractivity contribution is 0.102. The van der Waals surface area contributed by atoms with Crippen LogP contribution in [0.3, 0.4) is 0 Å². The molecule has 0 fully saturated rings. The van der Waals surface area contributed by atoms with Gasteiger partial charge in [0.05, 0.1) is 10.6 Å². The van der Waals surface area contributed by atoms with Gasteiger partial charge < -0.3 is 5.32 Å². The predicted octanol–water partition coefficient (Wildman–Crippen LogP) is 5.01. The van der Waals surface area contributed by atoms with Crippen molar-refractivity contribution in [3.63, 3.8) is 0 Å². The van der Waals surface area contributed by atoms with Crippen molar-refractivity contribution in [2.24, 2.45) is 0 Å². The summed E-state index contributed by atoms with van der Waals surface area (Å²) in [7, 11) is -3.83. The van der Waals surface area contributed by atoms with Gasteiger partial charge in [-0.1, -0.05) is 41.9 Å². The minimum atomic E-state index is -3.83. The predicted molar refractivity (Wildman–Crippen MR) is 113 cm³/mol. The molecule has 0 unspecified atom stereocenters. The Morgan fingerprint density at radius 3 is 2.36 bits per heavy atom. The van der Waals surface area contributed by atoms with Crippen LogP contribution in [0, 0.1) is 13.8 Å². The summed E-state index contributed by atoms with van der Waals surface area (Å²) in [5.74, 6) is -0.423. The third-order valence-corrected chi connectivity index (χ3v) is 6.00. The van der Waals surface area contributed by atoms with E-state index in [9.17, 15) is 13.2 Å². The quantitative estimate of drug-likeness (QED) is 0.616. The summed E-state index contributed by atoms with van der Waals surface area (Å²) in [4.78, 5) is 12.5. The summed E-state index contributed by atoms with van der Waals surface area (Å²) in [5.41, 5.74) is 2.95. The molecule has 0 heterocycles. The number of aryl methyl sites for hydroxylation is 2. The molecule has 1 amide bonds. The van der Waals surface area contributed by atoms with Crippen LogP contribution >= 0.6 is 11.6 Å². The highest BCUT2D eigenvalue weighted by Gasteiger charge is 2.17. The van der Waals surface area contributed by atoms with Gasteiger partial charge in [0, 0.05) is 16.3 Å². The van der Waals surface area contributed by atoms with Crippen LogP contribution in [0.4, 0.5) is 11.4 Å². The molecule has 28 heavy (non-hydrogen) atoms. The topological polar surface area (TPSA) is 75.3 Å². The van der Waals surface area contributed by atoms with Crippen molar-refractivity contribution >= 4 is 38.9 Å². The number of hydrogen-bond acceptors (Lipinski definition) is 3. The van der Waals surface area contributed by atoms with Gasteiger partial charge in [0.25, 0.3) is 15.9 Å². The van der Waals surface area contributed by atoms with E-state index in [2.05, 4.69) is 10.0 Å². The number of carbonyl (C=O) groups excluding carboxylic acids is 1. The van der Waals surface area contributed by atoms with Crippen LogP contribution in [-0.4, -0.2) is 14.3 Å². The van der Waals surface area contributed by atoms with Crippen molar-refractivity contribution in [1.82, 2.24) is 0 Å². The van der Waals surface area contributed by atoms with Crippen LogP contribution in [0.1, 0.15) is 21.5 Å². The van der Waals surface area contributed by atoms with E-state index < -0.39 is 15.9 Å². The Labute approximate surface area is 169 Å². The van der Waals surface area contributed by atoms with Crippen molar-refractivity contribution < 1.29 is 13.2 Å². The smallest absolute Gasteiger partial charge is 0.261 e. The molecule has 0 aliphatic heterocycles. The first kappa shape index (κ1) is 19.9. The van der Waals surface area contributed by atoms with Crippen LogP contribution in [-0.2, 0) is 10.0 Å². The third kappa shape index (κ3) is 4.52. The fraction of sp³-hybridized carbons (Fsp3) is 0.0952. The number of nitrogens with one attached hydrogen (secondary N) is 2. The molecule has 2 N–H and O–H groups in total. The fourth-order valence-electron chi connectivity index (χ4n) is 2.57. The Morgan fingerprint density at radius 1 is 0.893 bits per heavy atom. The molecule has 0 aromatic heterocycles. The second-order valence-corrected chi connectivity index (χ2v) is 8.46. The molecular formula is C21H19ClN2O3S. The normalized spacial score (nSPS) is 11.1. The van der Waals surface area contributed by atoms with E-state index in [1.807, 2.05) is 26.0 Å². The van der Waals surface area contributed by atoms with Gasteiger partial charge in [0.2, 0.25) is 0 Å². The van der Waals surface area contributed by atoms with Crippen LogP contribution in [0.25, 0.3) is 0 Å². The van der Waals surface area contributed by atoms with Gasteiger partial charge in [-0.15, -0.1) is 0 Å². The minimum absolute atomic E-state index is 0.00495. The zero-order valence-corrected chi connectivity index (χ0v) is 16.9. The molecule has 0 saturated carbocycles. The maximum atomic E-state index is 12.7. The number of sulfonamides is 1. The maximum absolute atomic E-state index is 12.7. The van der Waals surface area contributed by atoms with E-state index >= 15 is 0 Å². The lowest BCUT2D eigenvalue weighted by Gasteiger charge is -2.12. The summed E-state index contributed by atoms with van der Waals surface area (Å²) < 4.78 is 28.0. The standard InChI is InChI=1S/C21H19ClN2O3S/c1-14-10-11-17(13-19(14)22)23-21(25)16-7-5-8-18(12-16)28(26,27)24-20-9-4-3-6-15(20)2/h3-13,24H,1-2H3,(H,23,25). The number of hydrogen-bond donors (Lipinski definition) is 2. The van der Waals surface area contributed by atoms with Gasteiger partial charge in [0.1, 0.15) is 0 Å². The molecule has 144 valence electrons. The van der Waals surface area contributed by atoms with Crippen LogP contribution in [0.5, 0.6) is 0 Å². The fourth-order valence-corrected chi connectivity index (χ4v) is 3.93. The first-order valence-corrected chi connectivity index (χ1v) is 10.4. The maximum Gasteiger partial charge on any atom is 0.261 e. The Morgan fingerprint density at radius 2 is 1.64 bits per heavy atom. The lowest BCUT2D eigenvalue weighted by Crippen LogP contribution is -2.16. The molecule has 3 aromatic carbocycles. The number of para-hydroxylation sites is 1. The Hall–Kier alpha value is -2.83. The third-order valence-electron chi connectivity index (χ3n) is 4.23. The van der Waals surface area contributed by atoms with Gasteiger partial charge in [-0.25, -0.2) is 8.42 Å². The van der Waals surface area contributed by atoms with Crippen molar-refractivity contribution in [2.45, 2.75) is 18.7 Å². The lowest BCUT2D eigenvalue weighted by atomic mass is 10.2. The highest BCUT2D eigenvalue weighted by Crippen LogP contribution is 2.22. The molecule has 7 heteroatoms. The molecule has 0 aliphatic rings. The SMILES string of the molecule is Cc1ccc(NC(=O)c2cccc(S(=O)(=O)Nc3ccccc3C)c2)cc1Cl. The van der Waals surface area contributed by atoms with Crippen molar-refractivity contribution in [3.05, 3.63) is 88.4 Å². The number of halogens is 1. The van der Waals surface area contributed by atoms with Gasteiger partial charge in [-0.2, -0.15) is 0 Å². The van der Waals surface area contributed by atoms with Gasteiger partial charge in [-0.05, 0) is 61.4 Å². The number of anilines is 2. The summed E-state index contributed by atoms with van der Waals surface area (Å²) in [6, 6.07) is 18.1. The van der Waals surface area contributed by atoms with E-state index in [1.54, 1.807) is 36.4 Å². The minimum Gasteiger partial charge on any atom is -0.322 e. The van der Waals surface area contributed by atoms with Crippen LogP contribution in [0.15, 0.2) is 71.6 Å². The van der Waals surface area contributed by atoms with E-state index in [1.165, 1.54) is 18.2 Å². The highest BCUT2D eigenvalue weighted by molar-refractivity contribution is 7.92. The van der Waals surface area contributed by atoms with Crippen molar-refractivity contribution in [3.8, 4) is 0 Å². The second-order valence-electron chi connectivity index (χ2n) is 6.37. The summed E-state index contributed by atoms with van der Waals surface area (Å²) in [5, 5.41) is 3.26. The van der Waals surface area contributed by atoms with Crippen molar-refractivity contribution in [2.75, 3.05) is 10.0 Å². The van der Waals surface area contributed by atoms with Gasteiger partial charge >= 0.3 is 0 Å². The van der Waals surface area contributed by atoms with Crippen LogP contribution in [0.2, 0.25) is 5.02 Å². The summed E-state index contributed by atoms with van der Waals surface area (Å²) in [6.07, 6.45) is 0. The first-order valence-electron chi connectivity index (χ1n) is 8.52. The summed E-state index contributed by atoms with van der Waals surface area (Å²) >= 11 is 6.08. The highest BCUT2D eigenvalue weighted by atomic mass is 35.5. The zero-order chi connectivity index (χ0) is 20.3. The number of benzene rings is 3. The largest absolute Gasteiger partial charge is 0.322 e. The van der Waals surface area contributed by atoms with E-state index in [0.717, 1.165) is 11.1 Å². The van der Waals surface area contributed by atoms with Crippen molar-refractivity contribution in [1.29, 1.82) is 0 Å². The molecule has 0 saturated heterocycles. The average molecular weight is 415 g/mol. The van der Waals surface area contributed by atoms with E-state index in [-0.39, 0.29) is 10.5 Å². The number of rotatable bonds is 5. The Balaban J connectivity index is 1.83. The summed E-state index contributed by atoms with van der Waals surface area (Å²) in [6.45, 7) is 3.68. The average Bonchev–Trinajstić information content (AvgIpc) is 2.66. The van der Waals surface area contributed by atoms with E-state index in [0.29, 0.717) is 16.4 Å². The number of carbonyl (C=O) groups is 1. The van der Waals surface area contributed by atoms with Crippen LogP contribution < -0.4 is 10.0 Å². The molecule has 0 aliphatic carbocycles. The van der Waals surface area contributed by atoms with E-state index in [4.69, 9.17) is 11.6 Å². The molecular weight excluding hydrogens is 396 g/mol. The molecule has 0 spiro atoms. The van der Waals surface area contributed by atoms with Gasteiger partial charge in [-0.3, -0.25) is 9.52 Å². The molecule has 0 radical (unpaired) electrons. The monoisotopic (exact) mass is 414 g/mol. The number of amides is 1. The molecule has 0 atom stereocenters. The molecule has 5 nitrogen and oxygen atoms in total. The molecule has 0 bridgehead atoms. The first-order chi connectivity index (χ1) is 13.3. The zero-order valence-electron chi connectivity index (χ0n) is 15.4. The van der Waals surface area contributed by atoms with Gasteiger partial charge in [0.15, 0.2) is 0 Å². The second kappa shape index (κ2) is 8.04. The Bertz CT molecular complexity index is 1140. The Kier molecular flexibility index (Phi) is 5.72.